The van der Waals surface area contributed by atoms with Crippen LogP contribution in [-0.4, -0.2) is 4.98 Å². The molecule has 0 fully saturated rings. The minimum atomic E-state index is -4.35. The fourth-order valence-electron chi connectivity index (χ4n) is 2.34. The van der Waals surface area contributed by atoms with Crippen molar-refractivity contribution in [3.63, 3.8) is 0 Å². The Morgan fingerprint density at radius 2 is 1.73 bits per heavy atom. The van der Waals surface area contributed by atoms with E-state index in [9.17, 15) is 13.2 Å². The number of alkyl halides is 3. The summed E-state index contributed by atoms with van der Waals surface area (Å²) in [5, 5.41) is 3.93. The van der Waals surface area contributed by atoms with E-state index in [1.54, 1.807) is 6.07 Å². The molecule has 0 saturated carbocycles. The number of nitrogens with zero attached hydrogens (tertiary/aromatic N) is 1. The maximum Gasteiger partial charge on any atom is 0.416 e. The lowest BCUT2D eigenvalue weighted by atomic mass is 10.1. The van der Waals surface area contributed by atoms with Gasteiger partial charge in [-0.1, -0.05) is 24.3 Å². The first-order valence-electron chi connectivity index (χ1n) is 6.74. The van der Waals surface area contributed by atoms with Crippen LogP contribution in [0.5, 0.6) is 0 Å². The topological polar surface area (TPSA) is 24.9 Å². The molecule has 112 valence electrons. The van der Waals surface area contributed by atoms with Crippen LogP contribution < -0.4 is 5.32 Å². The molecule has 5 heteroatoms. The molecule has 2 aromatic carbocycles. The first kappa shape index (κ1) is 14.4. The lowest BCUT2D eigenvalue weighted by molar-refractivity contribution is -0.137. The number of aryl methyl sites for hydroxylation is 1. The predicted molar refractivity (Wildman–Crippen MR) is 81.2 cm³/mol. The largest absolute Gasteiger partial charge is 0.416 e. The van der Waals surface area contributed by atoms with Crippen molar-refractivity contribution in [3.05, 3.63) is 65.9 Å². The van der Waals surface area contributed by atoms with Crippen LogP contribution in [0.3, 0.4) is 0 Å². The highest BCUT2D eigenvalue weighted by atomic mass is 19.4. The number of aromatic nitrogens is 1. The van der Waals surface area contributed by atoms with Crippen molar-refractivity contribution in [2.75, 3.05) is 5.32 Å². The van der Waals surface area contributed by atoms with Gasteiger partial charge in [0.15, 0.2) is 0 Å². The molecule has 0 bridgehead atoms. The van der Waals surface area contributed by atoms with Crippen LogP contribution in [0, 0.1) is 6.92 Å². The normalized spacial score (nSPS) is 11.6. The molecular weight excluding hydrogens is 289 g/mol. The minimum absolute atomic E-state index is 0.394. The van der Waals surface area contributed by atoms with Crippen molar-refractivity contribution in [3.8, 4) is 0 Å². The summed E-state index contributed by atoms with van der Waals surface area (Å²) in [5.41, 5.74) is 2.06. The molecule has 0 saturated heterocycles. The first-order valence-corrected chi connectivity index (χ1v) is 6.74. The van der Waals surface area contributed by atoms with E-state index in [4.69, 9.17) is 0 Å². The molecule has 0 aliphatic heterocycles. The molecule has 3 aromatic rings. The lowest BCUT2D eigenvalue weighted by Gasteiger charge is -2.13. The summed E-state index contributed by atoms with van der Waals surface area (Å²) in [6, 6.07) is 14.5. The third-order valence-corrected chi connectivity index (χ3v) is 3.31. The van der Waals surface area contributed by atoms with Crippen molar-refractivity contribution >= 4 is 22.3 Å². The summed E-state index contributed by atoms with van der Waals surface area (Å²) in [4.78, 5) is 4.41. The molecule has 0 radical (unpaired) electrons. The average Bonchev–Trinajstić information content (AvgIpc) is 2.46. The van der Waals surface area contributed by atoms with E-state index in [2.05, 4.69) is 10.3 Å². The van der Waals surface area contributed by atoms with Gasteiger partial charge in [-0.25, -0.2) is 0 Å². The highest BCUT2D eigenvalue weighted by Crippen LogP contribution is 2.32. The number of anilines is 2. The maximum atomic E-state index is 12.8. The Balaban J connectivity index is 2.04. The van der Waals surface area contributed by atoms with Gasteiger partial charge in [-0.2, -0.15) is 13.2 Å². The van der Waals surface area contributed by atoms with E-state index in [0.29, 0.717) is 5.69 Å². The zero-order valence-corrected chi connectivity index (χ0v) is 11.8. The molecule has 0 atom stereocenters. The molecular formula is C17H13F3N2. The molecule has 1 heterocycles. The number of pyridine rings is 1. The van der Waals surface area contributed by atoms with Gasteiger partial charge in [-0.15, -0.1) is 0 Å². The van der Waals surface area contributed by atoms with E-state index in [1.165, 1.54) is 6.07 Å². The second kappa shape index (κ2) is 5.33. The van der Waals surface area contributed by atoms with Crippen LogP contribution in [0.1, 0.15) is 11.3 Å². The zero-order valence-electron chi connectivity index (χ0n) is 11.8. The summed E-state index contributed by atoms with van der Waals surface area (Å²) in [6.07, 6.45) is -4.35. The standard InChI is InChI=1S/C17H13F3N2/c1-11-9-16(14-7-2-3-8-15(14)21-11)22-13-6-4-5-12(10-13)17(18,19)20/h2-10H,1H3,(H,21,22). The van der Waals surface area contributed by atoms with Crippen molar-refractivity contribution in [2.24, 2.45) is 0 Å². The Morgan fingerprint density at radius 1 is 0.955 bits per heavy atom. The minimum Gasteiger partial charge on any atom is -0.355 e. The summed E-state index contributed by atoms with van der Waals surface area (Å²) in [5.74, 6) is 0. The fraction of sp³-hybridized carbons (Fsp3) is 0.118. The van der Waals surface area contributed by atoms with Crippen LogP contribution in [0.4, 0.5) is 24.5 Å². The van der Waals surface area contributed by atoms with Gasteiger partial charge in [0, 0.05) is 22.5 Å². The van der Waals surface area contributed by atoms with Gasteiger partial charge < -0.3 is 5.32 Å². The molecule has 2 nitrogen and oxygen atoms in total. The molecule has 3 rings (SSSR count). The van der Waals surface area contributed by atoms with Gasteiger partial charge in [-0.3, -0.25) is 4.98 Å². The molecule has 0 aliphatic rings. The number of halogens is 3. The second-order valence-electron chi connectivity index (χ2n) is 5.03. The Bertz CT molecular complexity index is 825. The summed E-state index contributed by atoms with van der Waals surface area (Å²) in [7, 11) is 0. The second-order valence-corrected chi connectivity index (χ2v) is 5.03. The van der Waals surface area contributed by atoms with Gasteiger partial charge in [0.25, 0.3) is 0 Å². The van der Waals surface area contributed by atoms with Crippen LogP contribution in [0.25, 0.3) is 10.9 Å². The maximum absolute atomic E-state index is 12.8. The SMILES string of the molecule is Cc1cc(Nc2cccc(C(F)(F)F)c2)c2ccccc2n1. The van der Waals surface area contributed by atoms with E-state index < -0.39 is 11.7 Å². The third kappa shape index (κ3) is 2.88. The summed E-state index contributed by atoms with van der Waals surface area (Å²) >= 11 is 0. The number of rotatable bonds is 2. The average molecular weight is 302 g/mol. The smallest absolute Gasteiger partial charge is 0.355 e. The molecule has 0 spiro atoms. The molecule has 22 heavy (non-hydrogen) atoms. The van der Waals surface area contributed by atoms with Crippen LogP contribution >= 0.6 is 0 Å². The van der Waals surface area contributed by atoms with Crippen molar-refractivity contribution in [1.82, 2.24) is 4.98 Å². The Kier molecular flexibility index (Phi) is 3.48. The van der Waals surface area contributed by atoms with Crippen LogP contribution in [0.15, 0.2) is 54.6 Å². The zero-order chi connectivity index (χ0) is 15.7. The van der Waals surface area contributed by atoms with Crippen LogP contribution in [0.2, 0.25) is 0 Å². The fourth-order valence-corrected chi connectivity index (χ4v) is 2.34. The van der Waals surface area contributed by atoms with Gasteiger partial charge in [0.2, 0.25) is 0 Å². The van der Waals surface area contributed by atoms with Crippen molar-refractivity contribution in [2.45, 2.75) is 13.1 Å². The number of benzene rings is 2. The number of fused-ring (bicyclic) bond motifs is 1. The Morgan fingerprint density at radius 3 is 2.50 bits per heavy atom. The summed E-state index contributed by atoms with van der Waals surface area (Å²) in [6.45, 7) is 1.85. The van der Waals surface area contributed by atoms with E-state index in [0.717, 1.165) is 34.4 Å². The van der Waals surface area contributed by atoms with E-state index >= 15 is 0 Å². The van der Waals surface area contributed by atoms with Gasteiger partial charge in [0.05, 0.1) is 11.1 Å². The number of para-hydroxylation sites is 1. The monoisotopic (exact) mass is 302 g/mol. The quantitative estimate of drug-likeness (QED) is 0.694. The van der Waals surface area contributed by atoms with E-state index in [1.807, 2.05) is 37.3 Å². The first-order chi connectivity index (χ1) is 10.4. The Hall–Kier alpha value is -2.56. The van der Waals surface area contributed by atoms with Gasteiger partial charge in [0.1, 0.15) is 0 Å². The molecule has 0 unspecified atom stereocenters. The number of hydrogen-bond acceptors (Lipinski definition) is 2. The number of hydrogen-bond donors (Lipinski definition) is 1. The molecule has 1 aromatic heterocycles. The molecule has 0 aliphatic carbocycles. The predicted octanol–water partition coefficient (Wildman–Crippen LogP) is 5.31. The Labute approximate surface area is 125 Å². The summed E-state index contributed by atoms with van der Waals surface area (Å²) < 4.78 is 38.4. The molecule has 1 N–H and O–H groups in total. The van der Waals surface area contributed by atoms with Crippen molar-refractivity contribution < 1.29 is 13.2 Å². The van der Waals surface area contributed by atoms with Gasteiger partial charge in [-0.05, 0) is 37.3 Å². The molecule has 0 amide bonds. The van der Waals surface area contributed by atoms with Gasteiger partial charge >= 0.3 is 6.18 Å². The highest BCUT2D eigenvalue weighted by Gasteiger charge is 2.30. The highest BCUT2D eigenvalue weighted by molar-refractivity contribution is 5.93. The van der Waals surface area contributed by atoms with E-state index in [-0.39, 0.29) is 0 Å². The lowest BCUT2D eigenvalue weighted by Crippen LogP contribution is -2.05. The number of nitrogens with one attached hydrogen (secondary N) is 1. The van der Waals surface area contributed by atoms with Crippen molar-refractivity contribution in [1.29, 1.82) is 0 Å². The van der Waals surface area contributed by atoms with Crippen LogP contribution in [-0.2, 0) is 6.18 Å². The third-order valence-electron chi connectivity index (χ3n) is 3.31.